The van der Waals surface area contributed by atoms with Crippen LogP contribution in [0.15, 0.2) is 36.0 Å². The lowest BCUT2D eigenvalue weighted by atomic mass is 10.1. The predicted octanol–water partition coefficient (Wildman–Crippen LogP) is 1.12. The minimum atomic E-state index is -0.429. The van der Waals surface area contributed by atoms with E-state index in [2.05, 4.69) is 5.32 Å². The maximum absolute atomic E-state index is 12.1. The van der Waals surface area contributed by atoms with Crippen LogP contribution in [0.3, 0.4) is 0 Å². The van der Waals surface area contributed by atoms with Crippen molar-refractivity contribution in [2.75, 3.05) is 19.4 Å². The lowest BCUT2D eigenvalue weighted by molar-refractivity contribution is -0.119. The summed E-state index contributed by atoms with van der Waals surface area (Å²) in [7, 11) is 3.51. The van der Waals surface area contributed by atoms with Gasteiger partial charge in [0, 0.05) is 32.5 Å². The molecule has 0 bridgehead atoms. The molecule has 0 radical (unpaired) electrons. The number of para-hydroxylation sites is 1. The van der Waals surface area contributed by atoms with E-state index in [1.165, 1.54) is 13.1 Å². The molecule has 0 saturated carbocycles. The van der Waals surface area contributed by atoms with Gasteiger partial charge >= 0.3 is 0 Å². The van der Waals surface area contributed by atoms with Crippen LogP contribution in [0.5, 0.6) is 0 Å². The van der Waals surface area contributed by atoms with Gasteiger partial charge < -0.3 is 16.0 Å². The van der Waals surface area contributed by atoms with Crippen LogP contribution >= 0.6 is 0 Å². The first kappa shape index (κ1) is 14.9. The molecule has 1 amide bonds. The van der Waals surface area contributed by atoms with Crippen molar-refractivity contribution >= 4 is 17.4 Å². The number of carbonyl (C=O) groups is 2. The highest BCUT2D eigenvalue weighted by Crippen LogP contribution is 2.15. The molecular formula is C14H19N3O2. The summed E-state index contributed by atoms with van der Waals surface area (Å²) >= 11 is 0. The Labute approximate surface area is 113 Å². The Hall–Kier alpha value is -2.14. The summed E-state index contributed by atoms with van der Waals surface area (Å²) in [5.74, 6) is -0.710. The van der Waals surface area contributed by atoms with Crippen LogP contribution in [-0.2, 0) is 16.1 Å². The van der Waals surface area contributed by atoms with Gasteiger partial charge in [0.25, 0.3) is 5.91 Å². The molecule has 0 spiro atoms. The fraction of sp³-hybridized carbons (Fsp3) is 0.286. The molecule has 0 heterocycles. The second-order valence-electron chi connectivity index (χ2n) is 4.38. The van der Waals surface area contributed by atoms with Gasteiger partial charge in [0.05, 0.1) is 5.57 Å². The van der Waals surface area contributed by atoms with Gasteiger partial charge in [-0.25, -0.2) is 0 Å². The molecule has 0 fully saturated rings. The van der Waals surface area contributed by atoms with Crippen molar-refractivity contribution < 1.29 is 9.59 Å². The van der Waals surface area contributed by atoms with E-state index in [9.17, 15) is 9.59 Å². The Balaban J connectivity index is 2.97. The van der Waals surface area contributed by atoms with E-state index in [-0.39, 0.29) is 11.4 Å². The Bertz CT molecular complexity index is 507. The first-order chi connectivity index (χ1) is 8.95. The fourth-order valence-corrected chi connectivity index (χ4v) is 1.58. The third kappa shape index (κ3) is 4.22. The van der Waals surface area contributed by atoms with Gasteiger partial charge in [-0.15, -0.1) is 0 Å². The van der Waals surface area contributed by atoms with Gasteiger partial charge in [0.2, 0.25) is 0 Å². The normalized spacial score (nSPS) is 11.1. The zero-order valence-corrected chi connectivity index (χ0v) is 11.4. The summed E-state index contributed by atoms with van der Waals surface area (Å²) in [5.41, 5.74) is 7.16. The Morgan fingerprint density at radius 1 is 1.32 bits per heavy atom. The second-order valence-corrected chi connectivity index (χ2v) is 4.38. The second kappa shape index (κ2) is 6.70. The van der Waals surface area contributed by atoms with E-state index in [1.54, 1.807) is 31.1 Å². The number of carbonyl (C=O) groups excluding carboxylic acids is 2. The van der Waals surface area contributed by atoms with Crippen LogP contribution in [0.25, 0.3) is 0 Å². The van der Waals surface area contributed by atoms with Gasteiger partial charge in [-0.05, 0) is 18.6 Å². The van der Waals surface area contributed by atoms with Gasteiger partial charge in [-0.3, -0.25) is 9.59 Å². The highest BCUT2D eigenvalue weighted by Gasteiger charge is 2.15. The number of rotatable bonds is 5. The minimum absolute atomic E-state index is 0.108. The summed E-state index contributed by atoms with van der Waals surface area (Å²) < 4.78 is 0. The standard InChI is InChI=1S/C14H19N3O2/c1-10(18)12(9-17(2)3)14(19)16-13-7-5-4-6-11(13)8-15/h4-7,9H,8,15H2,1-3H3,(H,16,19). The first-order valence-electron chi connectivity index (χ1n) is 5.94. The number of Topliss-reactive ketones (excluding diaryl/α,β-unsaturated/α-hetero) is 1. The zero-order chi connectivity index (χ0) is 14.4. The molecule has 0 aliphatic rings. The smallest absolute Gasteiger partial charge is 0.260 e. The van der Waals surface area contributed by atoms with Crippen molar-refractivity contribution in [3.05, 3.63) is 41.6 Å². The predicted molar refractivity (Wildman–Crippen MR) is 75.4 cm³/mol. The topological polar surface area (TPSA) is 75.4 Å². The third-order valence-electron chi connectivity index (χ3n) is 2.50. The van der Waals surface area contributed by atoms with E-state index in [1.807, 2.05) is 12.1 Å². The quantitative estimate of drug-likeness (QED) is 0.473. The number of nitrogens with one attached hydrogen (secondary N) is 1. The van der Waals surface area contributed by atoms with Gasteiger partial charge in [0.1, 0.15) is 0 Å². The largest absolute Gasteiger partial charge is 0.383 e. The average molecular weight is 261 g/mol. The van der Waals surface area contributed by atoms with E-state index < -0.39 is 5.91 Å². The number of benzene rings is 1. The monoisotopic (exact) mass is 261 g/mol. The molecule has 0 atom stereocenters. The highest BCUT2D eigenvalue weighted by molar-refractivity contribution is 6.22. The Morgan fingerprint density at radius 3 is 2.47 bits per heavy atom. The maximum Gasteiger partial charge on any atom is 0.260 e. The molecule has 19 heavy (non-hydrogen) atoms. The Kier molecular flexibility index (Phi) is 5.26. The molecule has 0 aromatic heterocycles. The number of nitrogens with two attached hydrogens (primary N) is 1. The molecule has 1 aromatic rings. The average Bonchev–Trinajstić information content (AvgIpc) is 2.36. The number of hydrogen-bond donors (Lipinski definition) is 2. The van der Waals surface area contributed by atoms with Crippen LogP contribution < -0.4 is 11.1 Å². The molecule has 3 N–H and O–H groups in total. The van der Waals surface area contributed by atoms with Crippen molar-refractivity contribution in [2.45, 2.75) is 13.5 Å². The third-order valence-corrected chi connectivity index (χ3v) is 2.50. The first-order valence-corrected chi connectivity index (χ1v) is 5.94. The fourth-order valence-electron chi connectivity index (χ4n) is 1.58. The molecule has 5 heteroatoms. The highest BCUT2D eigenvalue weighted by atomic mass is 16.2. The zero-order valence-electron chi connectivity index (χ0n) is 11.4. The Morgan fingerprint density at radius 2 is 1.95 bits per heavy atom. The van der Waals surface area contributed by atoms with Crippen molar-refractivity contribution in [3.8, 4) is 0 Å². The van der Waals surface area contributed by atoms with Crippen LogP contribution in [0, 0.1) is 0 Å². The van der Waals surface area contributed by atoms with E-state index in [0.29, 0.717) is 12.2 Å². The summed E-state index contributed by atoms with van der Waals surface area (Å²) in [6, 6.07) is 7.24. The van der Waals surface area contributed by atoms with Crippen LogP contribution in [0.1, 0.15) is 12.5 Å². The van der Waals surface area contributed by atoms with Crippen molar-refractivity contribution in [1.29, 1.82) is 0 Å². The molecule has 0 unspecified atom stereocenters. The van der Waals surface area contributed by atoms with E-state index >= 15 is 0 Å². The van der Waals surface area contributed by atoms with Crippen LogP contribution in [0.4, 0.5) is 5.69 Å². The lowest BCUT2D eigenvalue weighted by Gasteiger charge is -2.12. The minimum Gasteiger partial charge on any atom is -0.383 e. The molecular weight excluding hydrogens is 242 g/mol. The summed E-state index contributed by atoms with van der Waals surface area (Å²) in [6.45, 7) is 1.69. The van der Waals surface area contributed by atoms with E-state index in [4.69, 9.17) is 5.73 Å². The number of anilines is 1. The summed E-state index contributed by atoms with van der Waals surface area (Å²) in [4.78, 5) is 25.2. The van der Waals surface area contributed by atoms with Crippen molar-refractivity contribution in [2.24, 2.45) is 5.73 Å². The molecule has 1 aromatic carbocycles. The van der Waals surface area contributed by atoms with Gasteiger partial charge in [-0.2, -0.15) is 0 Å². The van der Waals surface area contributed by atoms with Crippen molar-refractivity contribution in [3.63, 3.8) is 0 Å². The summed E-state index contributed by atoms with van der Waals surface area (Å²) in [6.07, 6.45) is 1.50. The molecule has 0 aliphatic heterocycles. The van der Waals surface area contributed by atoms with Crippen molar-refractivity contribution in [1.82, 2.24) is 4.90 Å². The molecule has 5 nitrogen and oxygen atoms in total. The molecule has 1 rings (SSSR count). The van der Waals surface area contributed by atoms with E-state index in [0.717, 1.165) is 5.56 Å². The SMILES string of the molecule is CC(=O)C(=CN(C)C)C(=O)Nc1ccccc1CN. The number of hydrogen-bond acceptors (Lipinski definition) is 4. The number of amides is 1. The van der Waals surface area contributed by atoms with Gasteiger partial charge in [0.15, 0.2) is 5.78 Å². The maximum atomic E-state index is 12.1. The molecule has 0 saturated heterocycles. The van der Waals surface area contributed by atoms with Crippen LogP contribution in [-0.4, -0.2) is 30.7 Å². The number of ketones is 1. The molecule has 0 aliphatic carbocycles. The molecule has 102 valence electrons. The number of nitrogens with zero attached hydrogens (tertiary/aromatic N) is 1. The summed E-state index contributed by atoms with van der Waals surface area (Å²) in [5, 5.41) is 2.71. The lowest BCUT2D eigenvalue weighted by Crippen LogP contribution is -2.22. The van der Waals surface area contributed by atoms with Gasteiger partial charge in [-0.1, -0.05) is 18.2 Å². The van der Waals surface area contributed by atoms with Crippen LogP contribution in [0.2, 0.25) is 0 Å².